The van der Waals surface area contributed by atoms with E-state index >= 15 is 0 Å². The number of fused-ring (bicyclic) bond motifs is 4. The van der Waals surface area contributed by atoms with Gasteiger partial charge in [-0.2, -0.15) is 0 Å². The molecule has 1 heterocycles. The van der Waals surface area contributed by atoms with Crippen LogP contribution in [-0.4, -0.2) is 12.8 Å². The Labute approximate surface area is 317 Å². The highest BCUT2D eigenvalue weighted by molar-refractivity contribution is 7.98. The second kappa shape index (κ2) is 15.8. The normalized spacial score (nSPS) is 16.4. The predicted molar refractivity (Wildman–Crippen MR) is 227 cm³/mol. The minimum atomic E-state index is -0.331. The summed E-state index contributed by atoms with van der Waals surface area (Å²) in [5.74, 6) is 0.639. The lowest BCUT2D eigenvalue weighted by Gasteiger charge is -2.38. The van der Waals surface area contributed by atoms with Gasteiger partial charge in [0.05, 0.1) is 0 Å². The molecule has 52 heavy (non-hydrogen) atoms. The van der Waals surface area contributed by atoms with Crippen LogP contribution in [0.2, 0.25) is 0 Å². The van der Waals surface area contributed by atoms with Crippen LogP contribution >= 0.6 is 11.8 Å². The largest absolute Gasteiger partial charge is 0.344 e. The van der Waals surface area contributed by atoms with E-state index in [2.05, 4.69) is 165 Å². The molecule has 1 fully saturated rings. The molecular weight excluding hydrogens is 647 g/mol. The molecule has 1 spiro atoms. The van der Waals surface area contributed by atoms with Crippen molar-refractivity contribution in [2.24, 2.45) is 5.92 Å². The average molecular weight is 702 g/mol. The molecule has 2 heteroatoms. The zero-order chi connectivity index (χ0) is 36.1. The van der Waals surface area contributed by atoms with Crippen molar-refractivity contribution >= 4 is 28.2 Å². The van der Waals surface area contributed by atoms with Gasteiger partial charge in [0.15, 0.2) is 0 Å². The van der Waals surface area contributed by atoms with Crippen LogP contribution < -0.4 is 4.90 Å². The van der Waals surface area contributed by atoms with Gasteiger partial charge >= 0.3 is 0 Å². The van der Waals surface area contributed by atoms with Crippen LogP contribution in [-0.2, 0) is 23.7 Å². The molecule has 0 atom stereocenters. The van der Waals surface area contributed by atoms with Gasteiger partial charge in [0, 0.05) is 33.7 Å². The number of allylic oxidation sites excluding steroid dienone is 5. The molecule has 5 aromatic rings. The maximum atomic E-state index is 4.98. The van der Waals surface area contributed by atoms with Gasteiger partial charge in [-0.1, -0.05) is 149 Å². The maximum Gasteiger partial charge on any atom is 0.0457 e. The minimum absolute atomic E-state index is 0.0333. The third kappa shape index (κ3) is 7.07. The quantitative estimate of drug-likeness (QED) is 0.0941. The number of hydrogen-bond donors (Lipinski definition) is 0. The van der Waals surface area contributed by atoms with Gasteiger partial charge in [0.2, 0.25) is 0 Å². The SMILES string of the molecule is C=C(/C=C/C=C1/N(CCC(C)C)c2ccc3ccccc3c2C12CCCCC2)C(Cc1ccccc1)(Cc1ccccc1)c1cc(SC)ccc1C. The van der Waals surface area contributed by atoms with Gasteiger partial charge in [-0.25, -0.2) is 0 Å². The number of aryl methyl sites for hydroxylation is 1. The summed E-state index contributed by atoms with van der Waals surface area (Å²) in [4.78, 5) is 3.99. The van der Waals surface area contributed by atoms with Gasteiger partial charge in [-0.3, -0.25) is 0 Å². The molecule has 7 rings (SSSR count). The fourth-order valence-electron chi connectivity index (χ4n) is 9.24. The molecule has 0 aromatic heterocycles. The van der Waals surface area contributed by atoms with Gasteiger partial charge < -0.3 is 4.90 Å². The van der Waals surface area contributed by atoms with E-state index < -0.39 is 0 Å². The highest BCUT2D eigenvalue weighted by Gasteiger charge is 2.48. The second-order valence-electron chi connectivity index (χ2n) is 15.7. The van der Waals surface area contributed by atoms with Crippen molar-refractivity contribution in [3.63, 3.8) is 0 Å². The maximum absolute atomic E-state index is 4.98. The lowest BCUT2D eigenvalue weighted by molar-refractivity contribution is 0.346. The van der Waals surface area contributed by atoms with Crippen LogP contribution in [0.25, 0.3) is 10.8 Å². The summed E-state index contributed by atoms with van der Waals surface area (Å²) in [7, 11) is 0. The number of hydrogen-bond acceptors (Lipinski definition) is 2. The molecule has 1 aliphatic heterocycles. The fraction of sp³-hybridized carbons (Fsp3) is 0.320. The smallest absolute Gasteiger partial charge is 0.0457 e. The Balaban J connectivity index is 1.38. The highest BCUT2D eigenvalue weighted by Crippen LogP contribution is 2.57. The number of benzene rings is 5. The van der Waals surface area contributed by atoms with Gasteiger partial charge in [0.1, 0.15) is 0 Å². The third-order valence-corrected chi connectivity index (χ3v) is 12.6. The van der Waals surface area contributed by atoms with Crippen molar-refractivity contribution in [3.8, 4) is 0 Å². The van der Waals surface area contributed by atoms with Crippen LogP contribution in [0, 0.1) is 12.8 Å². The predicted octanol–water partition coefficient (Wildman–Crippen LogP) is 13.4. The number of rotatable bonds is 12. The van der Waals surface area contributed by atoms with Crippen molar-refractivity contribution in [2.45, 2.75) is 87.9 Å². The minimum Gasteiger partial charge on any atom is -0.344 e. The zero-order valence-corrected chi connectivity index (χ0v) is 32.5. The van der Waals surface area contributed by atoms with Crippen LogP contribution in [0.5, 0.6) is 0 Å². The summed E-state index contributed by atoms with van der Waals surface area (Å²) in [5, 5.41) is 2.79. The van der Waals surface area contributed by atoms with Crippen molar-refractivity contribution in [2.75, 3.05) is 17.7 Å². The van der Waals surface area contributed by atoms with Crippen LogP contribution in [0.15, 0.2) is 156 Å². The van der Waals surface area contributed by atoms with Gasteiger partial charge in [-0.05, 0) is 120 Å². The Morgan fingerprint density at radius 2 is 1.48 bits per heavy atom. The molecule has 266 valence electrons. The number of nitrogens with zero attached hydrogens (tertiary/aromatic N) is 1. The second-order valence-corrected chi connectivity index (χ2v) is 16.6. The zero-order valence-electron chi connectivity index (χ0n) is 31.7. The summed E-state index contributed by atoms with van der Waals surface area (Å²) in [6.45, 7) is 13.0. The molecule has 0 radical (unpaired) electrons. The topological polar surface area (TPSA) is 3.24 Å². The van der Waals surface area contributed by atoms with Crippen LogP contribution in [0.3, 0.4) is 0 Å². The molecule has 0 saturated heterocycles. The lowest BCUT2D eigenvalue weighted by Crippen LogP contribution is -2.34. The first-order valence-corrected chi connectivity index (χ1v) is 20.7. The first kappa shape index (κ1) is 36.1. The monoisotopic (exact) mass is 701 g/mol. The molecule has 0 unspecified atom stereocenters. The van der Waals surface area contributed by atoms with E-state index in [-0.39, 0.29) is 10.8 Å². The summed E-state index contributed by atoms with van der Waals surface area (Å²) in [6, 6.07) is 42.9. The van der Waals surface area contributed by atoms with Gasteiger partial charge in [0.25, 0.3) is 0 Å². The fourth-order valence-corrected chi connectivity index (χ4v) is 9.68. The van der Waals surface area contributed by atoms with Crippen LogP contribution in [0.4, 0.5) is 5.69 Å². The first-order chi connectivity index (χ1) is 25.3. The highest BCUT2D eigenvalue weighted by atomic mass is 32.2. The Bertz CT molecular complexity index is 2020. The van der Waals surface area contributed by atoms with Crippen LogP contribution in [0.1, 0.15) is 80.2 Å². The van der Waals surface area contributed by atoms with Gasteiger partial charge in [-0.15, -0.1) is 11.8 Å². The molecule has 5 aromatic carbocycles. The van der Waals surface area contributed by atoms with E-state index in [9.17, 15) is 0 Å². The number of anilines is 1. The Kier molecular flexibility index (Phi) is 10.9. The van der Waals surface area contributed by atoms with Crippen molar-refractivity contribution in [3.05, 3.63) is 179 Å². The summed E-state index contributed by atoms with van der Waals surface area (Å²) >= 11 is 1.82. The number of thioether (sulfide) groups is 1. The standard InChI is InChI=1S/C50H55NS/c1-37(2)30-33-51-46-29-27-42-23-13-14-24-44(42)48(46)49(31-15-8-16-32-49)47(51)25-17-18-39(4)50(35-40-19-9-6-10-20-40,36-41-21-11-7-12-22-41)45-34-43(52-5)28-26-38(45)3/h6-7,9-14,17-29,34,37H,4,8,15-16,30-33,35-36H2,1-3,5H3/b18-17+,47-25+. The van der Waals surface area contributed by atoms with E-state index in [1.807, 2.05) is 11.8 Å². The molecule has 1 nitrogen and oxygen atoms in total. The van der Waals surface area contributed by atoms with E-state index in [0.29, 0.717) is 5.92 Å². The van der Waals surface area contributed by atoms with E-state index in [1.165, 1.54) is 87.8 Å². The molecular formula is C50H55NS. The lowest BCUT2D eigenvalue weighted by atomic mass is 9.65. The summed E-state index contributed by atoms with van der Waals surface area (Å²) < 4.78 is 0. The van der Waals surface area contributed by atoms with E-state index in [4.69, 9.17) is 6.58 Å². The molecule has 0 bridgehead atoms. The molecule has 1 saturated carbocycles. The van der Waals surface area contributed by atoms with E-state index in [1.54, 1.807) is 5.56 Å². The van der Waals surface area contributed by atoms with E-state index in [0.717, 1.165) is 25.0 Å². The Hall–Kier alpha value is -4.27. The molecule has 2 aliphatic rings. The summed E-state index contributed by atoms with van der Waals surface area (Å²) in [6.07, 6.45) is 18.6. The Morgan fingerprint density at radius 1 is 0.827 bits per heavy atom. The van der Waals surface area contributed by atoms with Crippen molar-refractivity contribution < 1.29 is 0 Å². The van der Waals surface area contributed by atoms with Crippen molar-refractivity contribution in [1.29, 1.82) is 0 Å². The average Bonchev–Trinajstić information content (AvgIpc) is 3.42. The first-order valence-electron chi connectivity index (χ1n) is 19.5. The van der Waals surface area contributed by atoms with Crippen molar-refractivity contribution in [1.82, 2.24) is 0 Å². The molecule has 0 amide bonds. The third-order valence-electron chi connectivity index (χ3n) is 11.9. The molecule has 0 N–H and O–H groups in total. The Morgan fingerprint density at radius 3 is 2.13 bits per heavy atom. The summed E-state index contributed by atoms with van der Waals surface area (Å²) in [5.41, 5.74) is 10.7. The molecule has 1 aliphatic carbocycles.